The monoisotopic (exact) mass is 274 g/mol. The summed E-state index contributed by atoms with van der Waals surface area (Å²) in [6.45, 7) is -0.315. The minimum absolute atomic E-state index is 0.0650. The first kappa shape index (κ1) is 14.8. The van der Waals surface area contributed by atoms with Gasteiger partial charge in [-0.3, -0.25) is 0 Å². The number of aromatic carboxylic acids is 1. The van der Waals surface area contributed by atoms with Crippen LogP contribution in [0.15, 0.2) is 11.4 Å². The van der Waals surface area contributed by atoms with Crippen molar-refractivity contribution >= 4 is 17.7 Å². The van der Waals surface area contributed by atoms with E-state index in [2.05, 4.69) is 9.97 Å². The minimum Gasteiger partial charge on any atom is -0.476 e. The third kappa shape index (κ3) is 3.39. The van der Waals surface area contributed by atoms with Gasteiger partial charge in [-0.05, 0) is 12.7 Å². The van der Waals surface area contributed by atoms with Crippen LogP contribution in [0, 0.1) is 0 Å². The molecule has 2 unspecified atom stereocenters. The Hall–Kier alpha value is -1.22. The molecule has 0 saturated carbocycles. The fraction of sp³-hybridized carbons (Fsp3) is 0.500. The van der Waals surface area contributed by atoms with Gasteiger partial charge in [-0.1, -0.05) is 11.8 Å². The van der Waals surface area contributed by atoms with E-state index in [-0.39, 0.29) is 29.4 Å². The second-order valence-corrected chi connectivity index (χ2v) is 4.26. The van der Waals surface area contributed by atoms with Gasteiger partial charge >= 0.3 is 5.97 Å². The van der Waals surface area contributed by atoms with Crippen LogP contribution >= 0.6 is 11.8 Å². The fourth-order valence-corrected chi connectivity index (χ4v) is 1.70. The minimum atomic E-state index is -1.45. The van der Waals surface area contributed by atoms with Crippen molar-refractivity contribution < 1.29 is 25.2 Å². The third-order valence-corrected chi connectivity index (χ3v) is 2.85. The summed E-state index contributed by atoms with van der Waals surface area (Å²) in [5.41, 5.74) is -0.417. The fourth-order valence-electron chi connectivity index (χ4n) is 1.36. The number of hydrogen-bond donors (Lipinski definition) is 4. The molecule has 1 rings (SSSR count). The summed E-state index contributed by atoms with van der Waals surface area (Å²) in [5, 5.41) is 37.3. The average molecular weight is 274 g/mol. The van der Waals surface area contributed by atoms with Gasteiger partial charge in [0.05, 0.1) is 6.10 Å². The van der Waals surface area contributed by atoms with Crippen LogP contribution in [-0.2, 0) is 0 Å². The van der Waals surface area contributed by atoms with Crippen molar-refractivity contribution in [2.75, 3.05) is 12.9 Å². The van der Waals surface area contributed by atoms with Crippen molar-refractivity contribution in [2.24, 2.45) is 0 Å². The van der Waals surface area contributed by atoms with Crippen molar-refractivity contribution in [3.8, 4) is 0 Å². The lowest BCUT2D eigenvalue weighted by atomic mass is 10.0. The first-order valence-electron chi connectivity index (χ1n) is 5.12. The summed E-state index contributed by atoms with van der Waals surface area (Å²) in [5.74, 6) is -1.31. The Balaban J connectivity index is 3.10. The average Bonchev–Trinajstić information content (AvgIpc) is 2.37. The van der Waals surface area contributed by atoms with Gasteiger partial charge in [0.25, 0.3) is 0 Å². The first-order chi connectivity index (χ1) is 8.51. The predicted octanol–water partition coefficient (Wildman–Crippen LogP) is -0.327. The number of carboxylic acids is 1. The Morgan fingerprint density at radius 1 is 1.50 bits per heavy atom. The lowest BCUT2D eigenvalue weighted by molar-refractivity contribution is 0.00295. The van der Waals surface area contributed by atoms with Crippen LogP contribution in [0.5, 0.6) is 0 Å². The Morgan fingerprint density at radius 3 is 2.67 bits per heavy atom. The Bertz CT molecular complexity index is 429. The zero-order valence-electron chi connectivity index (χ0n) is 9.65. The molecule has 0 bridgehead atoms. The summed E-state index contributed by atoms with van der Waals surface area (Å²) in [6, 6.07) is 0. The molecular weight excluding hydrogens is 260 g/mol. The van der Waals surface area contributed by atoms with Crippen LogP contribution in [0.1, 0.15) is 28.6 Å². The highest BCUT2D eigenvalue weighted by Crippen LogP contribution is 2.22. The van der Waals surface area contributed by atoms with E-state index in [9.17, 15) is 15.0 Å². The van der Waals surface area contributed by atoms with E-state index in [1.54, 1.807) is 6.26 Å². The van der Waals surface area contributed by atoms with E-state index in [0.29, 0.717) is 0 Å². The summed E-state index contributed by atoms with van der Waals surface area (Å²) >= 11 is 1.17. The zero-order valence-corrected chi connectivity index (χ0v) is 10.5. The highest BCUT2D eigenvalue weighted by molar-refractivity contribution is 7.98. The molecule has 0 aliphatic rings. The molecule has 0 fully saturated rings. The van der Waals surface area contributed by atoms with Crippen LogP contribution in [0.4, 0.5) is 0 Å². The highest BCUT2D eigenvalue weighted by atomic mass is 32.2. The lowest BCUT2D eigenvalue weighted by Crippen LogP contribution is -2.23. The van der Waals surface area contributed by atoms with Gasteiger partial charge in [-0.2, -0.15) is 0 Å². The van der Waals surface area contributed by atoms with Crippen molar-refractivity contribution in [1.82, 2.24) is 9.97 Å². The molecule has 1 heterocycles. The van der Waals surface area contributed by atoms with E-state index in [1.807, 2.05) is 0 Å². The predicted molar refractivity (Wildman–Crippen MR) is 63.4 cm³/mol. The Morgan fingerprint density at radius 2 is 2.17 bits per heavy atom. The number of carbonyl (C=O) groups is 1. The van der Waals surface area contributed by atoms with E-state index < -0.39 is 18.2 Å². The Labute approximate surface area is 108 Å². The maximum atomic E-state index is 11.0. The molecule has 0 aliphatic heterocycles. The van der Waals surface area contributed by atoms with E-state index in [0.717, 1.165) is 0 Å². The quantitative estimate of drug-likeness (QED) is 0.411. The third-order valence-electron chi connectivity index (χ3n) is 2.29. The summed E-state index contributed by atoms with van der Waals surface area (Å²) in [6.07, 6.45) is 0.0893. The molecule has 2 atom stereocenters. The SMILES string of the molecule is CSc1ncc(C(O)C(O)CCO)c(C(=O)O)n1. The molecule has 0 spiro atoms. The summed E-state index contributed by atoms with van der Waals surface area (Å²) in [7, 11) is 0. The molecule has 0 aliphatic carbocycles. The van der Waals surface area contributed by atoms with Gasteiger partial charge < -0.3 is 20.4 Å². The van der Waals surface area contributed by atoms with Crippen LogP contribution in [-0.4, -0.2) is 55.3 Å². The number of carboxylic acid groups (broad SMARTS) is 1. The number of aliphatic hydroxyl groups excluding tert-OH is 3. The molecule has 1 aromatic rings. The number of hydrogen-bond acceptors (Lipinski definition) is 7. The molecule has 8 heteroatoms. The largest absolute Gasteiger partial charge is 0.476 e. The topological polar surface area (TPSA) is 124 Å². The summed E-state index contributed by atoms with van der Waals surface area (Å²) in [4.78, 5) is 18.7. The van der Waals surface area contributed by atoms with E-state index >= 15 is 0 Å². The molecule has 18 heavy (non-hydrogen) atoms. The first-order valence-corrected chi connectivity index (χ1v) is 6.35. The normalized spacial score (nSPS) is 14.2. The second-order valence-electron chi connectivity index (χ2n) is 3.49. The van der Waals surface area contributed by atoms with Crippen molar-refractivity contribution in [2.45, 2.75) is 23.8 Å². The maximum absolute atomic E-state index is 11.0. The van der Waals surface area contributed by atoms with Gasteiger partial charge in [0.2, 0.25) is 0 Å². The van der Waals surface area contributed by atoms with Crippen molar-refractivity contribution in [3.05, 3.63) is 17.5 Å². The molecule has 0 aromatic carbocycles. The molecule has 4 N–H and O–H groups in total. The standard InChI is InChI=1S/C10H14N2O5S/c1-18-10-11-4-5(7(12-10)9(16)17)8(15)6(14)2-3-13/h4,6,8,13-15H,2-3H2,1H3,(H,16,17). The maximum Gasteiger partial charge on any atom is 0.355 e. The lowest BCUT2D eigenvalue weighted by Gasteiger charge is -2.18. The van der Waals surface area contributed by atoms with Crippen molar-refractivity contribution in [1.29, 1.82) is 0 Å². The highest BCUT2D eigenvalue weighted by Gasteiger charge is 2.25. The number of thioether (sulfide) groups is 1. The van der Waals surface area contributed by atoms with Gasteiger partial charge in [-0.25, -0.2) is 14.8 Å². The Kier molecular flexibility index (Phi) is 5.48. The molecule has 0 saturated heterocycles. The van der Waals surface area contributed by atoms with Gasteiger partial charge in [-0.15, -0.1) is 0 Å². The molecular formula is C10H14N2O5S. The molecule has 7 nitrogen and oxygen atoms in total. The van der Waals surface area contributed by atoms with Crippen LogP contribution in [0.2, 0.25) is 0 Å². The number of nitrogens with zero attached hydrogens (tertiary/aromatic N) is 2. The molecule has 100 valence electrons. The number of rotatable bonds is 6. The number of aromatic nitrogens is 2. The second kappa shape index (κ2) is 6.64. The number of aliphatic hydroxyl groups is 3. The van der Waals surface area contributed by atoms with E-state index in [4.69, 9.17) is 10.2 Å². The van der Waals surface area contributed by atoms with Gasteiger partial charge in [0, 0.05) is 18.4 Å². The molecule has 1 aromatic heterocycles. The zero-order chi connectivity index (χ0) is 13.7. The van der Waals surface area contributed by atoms with Crippen molar-refractivity contribution in [3.63, 3.8) is 0 Å². The van der Waals surface area contributed by atoms with Gasteiger partial charge in [0.1, 0.15) is 6.10 Å². The smallest absolute Gasteiger partial charge is 0.355 e. The summed E-state index contributed by atoms with van der Waals surface area (Å²) < 4.78 is 0. The molecule has 0 amide bonds. The van der Waals surface area contributed by atoms with Crippen LogP contribution < -0.4 is 0 Å². The van der Waals surface area contributed by atoms with Crippen LogP contribution in [0.3, 0.4) is 0 Å². The molecule has 0 radical (unpaired) electrons. The van der Waals surface area contributed by atoms with Gasteiger partial charge in [0.15, 0.2) is 10.9 Å². The van der Waals surface area contributed by atoms with Crippen LogP contribution in [0.25, 0.3) is 0 Å². The van der Waals surface area contributed by atoms with E-state index in [1.165, 1.54) is 18.0 Å².